The molecule has 4 heterocycles. The topological polar surface area (TPSA) is 32.2 Å². The Labute approximate surface area is 333 Å². The molecule has 2 atom stereocenters. The molecule has 0 N–H and O–H groups in total. The molecule has 0 radical (unpaired) electrons. The number of aromatic nitrogens is 2. The predicted octanol–water partition coefficient (Wildman–Crippen LogP) is 13.8. The summed E-state index contributed by atoms with van der Waals surface area (Å²) in [5, 5.41) is 7.11. The van der Waals surface area contributed by atoms with Crippen LogP contribution < -0.4 is 4.74 Å². The van der Waals surface area contributed by atoms with E-state index in [9.17, 15) is 0 Å². The van der Waals surface area contributed by atoms with Crippen molar-refractivity contribution in [3.63, 3.8) is 0 Å². The summed E-state index contributed by atoms with van der Waals surface area (Å²) in [6.45, 7) is 0. The molecule has 2 unspecified atom stereocenters. The average molecular weight is 743 g/mol. The summed E-state index contributed by atoms with van der Waals surface area (Å²) in [6.07, 6.45) is 4.57. The molecule has 4 nitrogen and oxygen atoms in total. The minimum absolute atomic E-state index is 0.00896. The van der Waals surface area contributed by atoms with Crippen LogP contribution in [0.3, 0.4) is 0 Å². The van der Waals surface area contributed by atoms with Crippen LogP contribution in [0.4, 0.5) is 0 Å². The van der Waals surface area contributed by atoms with Crippen LogP contribution >= 0.6 is 0 Å². The lowest BCUT2D eigenvalue weighted by Gasteiger charge is -2.26. The van der Waals surface area contributed by atoms with Gasteiger partial charge in [0.1, 0.15) is 11.7 Å². The second-order valence-electron chi connectivity index (χ2n) is 15.6. The first-order valence-corrected chi connectivity index (χ1v) is 20.0. The first-order valence-electron chi connectivity index (χ1n) is 20.0. The second-order valence-corrected chi connectivity index (χ2v) is 15.6. The van der Waals surface area contributed by atoms with E-state index in [1.807, 2.05) is 12.1 Å². The molecule has 0 bridgehead atoms. The number of para-hydroxylation sites is 5. The molecule has 8 aromatic carbocycles. The molecule has 3 aromatic heterocycles. The maximum atomic E-state index is 7.14. The van der Waals surface area contributed by atoms with Crippen LogP contribution in [-0.4, -0.2) is 15.2 Å². The normalized spacial score (nSPS) is 16.3. The van der Waals surface area contributed by atoms with Gasteiger partial charge in [0.15, 0.2) is 11.3 Å². The predicted molar refractivity (Wildman–Crippen MR) is 238 cm³/mol. The van der Waals surface area contributed by atoms with Gasteiger partial charge >= 0.3 is 0 Å². The summed E-state index contributed by atoms with van der Waals surface area (Å²) in [5.74, 6) is 0.834. The summed E-state index contributed by atoms with van der Waals surface area (Å²) < 4.78 is 18.5. The maximum absolute atomic E-state index is 7.14. The van der Waals surface area contributed by atoms with Crippen LogP contribution in [0, 0.1) is 0 Å². The Morgan fingerprint density at radius 2 is 0.983 bits per heavy atom. The van der Waals surface area contributed by atoms with Crippen molar-refractivity contribution in [1.29, 1.82) is 0 Å². The van der Waals surface area contributed by atoms with E-state index in [2.05, 4.69) is 191 Å². The molecule has 13 rings (SSSR count). The number of benzene rings is 8. The van der Waals surface area contributed by atoms with Crippen molar-refractivity contribution in [3.8, 4) is 17.1 Å². The molecule has 0 saturated carbocycles. The number of nitrogens with zero attached hydrogens (tertiary/aromatic N) is 2. The minimum atomic E-state index is -0.221. The van der Waals surface area contributed by atoms with E-state index in [1.165, 1.54) is 54.7 Å². The van der Waals surface area contributed by atoms with E-state index in [0.29, 0.717) is 0 Å². The third-order valence-electron chi connectivity index (χ3n) is 12.5. The molecule has 58 heavy (non-hydrogen) atoms. The van der Waals surface area contributed by atoms with Crippen LogP contribution in [0.15, 0.2) is 199 Å². The van der Waals surface area contributed by atoms with Gasteiger partial charge in [0, 0.05) is 60.7 Å². The van der Waals surface area contributed by atoms with Gasteiger partial charge in [-0.05, 0) is 95.6 Å². The molecule has 0 saturated heterocycles. The summed E-state index contributed by atoms with van der Waals surface area (Å²) >= 11 is 0. The highest BCUT2D eigenvalue weighted by Crippen LogP contribution is 2.53. The summed E-state index contributed by atoms with van der Waals surface area (Å²) in [7, 11) is 0. The van der Waals surface area contributed by atoms with Crippen molar-refractivity contribution < 1.29 is 9.15 Å². The van der Waals surface area contributed by atoms with Crippen molar-refractivity contribution in [2.24, 2.45) is 0 Å². The highest BCUT2D eigenvalue weighted by molar-refractivity contribution is 6.12. The Kier molecular flexibility index (Phi) is 6.53. The molecule has 272 valence electrons. The fourth-order valence-electron chi connectivity index (χ4n) is 9.89. The van der Waals surface area contributed by atoms with Gasteiger partial charge in [0.05, 0.1) is 22.1 Å². The van der Waals surface area contributed by atoms with Crippen LogP contribution in [0.5, 0.6) is 5.75 Å². The lowest BCUT2D eigenvalue weighted by molar-refractivity contribution is 0.278. The van der Waals surface area contributed by atoms with Gasteiger partial charge in [-0.1, -0.05) is 115 Å². The minimum Gasteiger partial charge on any atom is -0.480 e. The summed E-state index contributed by atoms with van der Waals surface area (Å²) in [4.78, 5) is 0. The quantitative estimate of drug-likeness (QED) is 0.180. The molecule has 0 amide bonds. The van der Waals surface area contributed by atoms with Gasteiger partial charge in [0.25, 0.3) is 0 Å². The van der Waals surface area contributed by atoms with E-state index >= 15 is 0 Å². The lowest BCUT2D eigenvalue weighted by atomic mass is 9.80. The lowest BCUT2D eigenvalue weighted by Crippen LogP contribution is -2.22. The number of ether oxygens (including phenoxy) is 1. The summed E-state index contributed by atoms with van der Waals surface area (Å²) in [5.41, 5.74) is 14.6. The number of hydrogen-bond donors (Lipinski definition) is 0. The Hall–Kier alpha value is -7.56. The first-order chi connectivity index (χ1) is 28.8. The highest BCUT2D eigenvalue weighted by Gasteiger charge is 2.41. The Bertz CT molecular complexity index is 3540. The maximum Gasteiger partial charge on any atom is 0.177 e. The number of fused-ring (bicyclic) bond motifs is 13. The van der Waals surface area contributed by atoms with E-state index in [-0.39, 0.29) is 12.0 Å². The van der Waals surface area contributed by atoms with Gasteiger partial charge in [-0.15, -0.1) is 0 Å². The first kappa shape index (κ1) is 31.6. The van der Waals surface area contributed by atoms with E-state index in [4.69, 9.17) is 9.15 Å². The van der Waals surface area contributed by atoms with Crippen LogP contribution in [0.2, 0.25) is 0 Å². The Morgan fingerprint density at radius 1 is 0.431 bits per heavy atom. The zero-order valence-corrected chi connectivity index (χ0v) is 31.3. The molecule has 2 aliphatic rings. The summed E-state index contributed by atoms with van der Waals surface area (Å²) in [6, 6.07) is 65.4. The monoisotopic (exact) mass is 742 g/mol. The second kappa shape index (κ2) is 12.0. The molecule has 1 aliphatic carbocycles. The Balaban J connectivity index is 1.03. The van der Waals surface area contributed by atoms with Crippen LogP contribution in [0.25, 0.3) is 88.1 Å². The van der Waals surface area contributed by atoms with Gasteiger partial charge in [-0.3, -0.25) is 0 Å². The fraction of sp³-hybridized carbons (Fsp3) is 0.0370. The van der Waals surface area contributed by atoms with Gasteiger partial charge in [-0.2, -0.15) is 0 Å². The van der Waals surface area contributed by atoms with Crippen molar-refractivity contribution in [2.75, 3.05) is 0 Å². The fourth-order valence-corrected chi connectivity index (χ4v) is 9.89. The van der Waals surface area contributed by atoms with E-state index in [1.54, 1.807) is 0 Å². The van der Waals surface area contributed by atoms with Crippen molar-refractivity contribution in [2.45, 2.75) is 12.0 Å². The zero-order valence-electron chi connectivity index (χ0n) is 31.3. The largest absolute Gasteiger partial charge is 0.480 e. The Morgan fingerprint density at radius 3 is 1.66 bits per heavy atom. The third-order valence-corrected chi connectivity index (χ3v) is 12.5. The average Bonchev–Trinajstić information content (AvgIpc) is 4.04. The SMILES string of the molecule is C1=C(c2ccc3c(c2)c2ccccc2n3-c2ccccc2)C=C(c2ccc3c(c2)c2ccccc2n3-c2ccccc2)C2Oc3c(ccc4c3oc3ccccc34)C12. The molecular weight excluding hydrogens is 709 g/mol. The van der Waals surface area contributed by atoms with Crippen molar-refractivity contribution in [3.05, 3.63) is 211 Å². The molecule has 1 aliphatic heterocycles. The van der Waals surface area contributed by atoms with Gasteiger partial charge in [0.2, 0.25) is 0 Å². The molecule has 11 aromatic rings. The highest BCUT2D eigenvalue weighted by atomic mass is 16.5. The van der Waals surface area contributed by atoms with Crippen molar-refractivity contribution in [1.82, 2.24) is 9.13 Å². The van der Waals surface area contributed by atoms with E-state index in [0.717, 1.165) is 55.8 Å². The van der Waals surface area contributed by atoms with Crippen LogP contribution in [0.1, 0.15) is 22.6 Å². The molecule has 4 heteroatoms. The van der Waals surface area contributed by atoms with E-state index < -0.39 is 0 Å². The number of allylic oxidation sites excluding steroid dienone is 2. The number of hydrogen-bond acceptors (Lipinski definition) is 2. The standard InChI is InChI=1S/C54H34N2O2/c1-3-13-36(14-4-1)55-47-20-10-7-17-38(47)44-29-33(23-27-49(44)55)35-31-43(52-46(32-35)42-26-25-41-40-19-9-12-22-51(40)57-53(41)54(42)58-52)34-24-28-50-45(30-34)39-18-8-11-21-48(39)56(50)37-15-5-2-6-16-37/h1-32,46,52H. The third kappa shape index (κ3) is 4.45. The molecule has 0 spiro atoms. The van der Waals surface area contributed by atoms with Crippen molar-refractivity contribution >= 4 is 76.7 Å². The van der Waals surface area contributed by atoms with Gasteiger partial charge < -0.3 is 18.3 Å². The molecule has 0 fully saturated rings. The zero-order chi connectivity index (χ0) is 37.9. The van der Waals surface area contributed by atoms with Gasteiger partial charge in [-0.25, -0.2) is 0 Å². The number of furan rings is 1. The van der Waals surface area contributed by atoms with Crippen LogP contribution in [-0.2, 0) is 0 Å². The molecular formula is C54H34N2O2. The smallest absolute Gasteiger partial charge is 0.177 e. The number of rotatable bonds is 4.